The molecular weight excluding hydrogens is 336 g/mol. The maximum Gasteiger partial charge on any atom is 0.283 e. The van der Waals surface area contributed by atoms with Crippen LogP contribution in [0.1, 0.15) is 12.5 Å². The molecule has 0 aliphatic carbocycles. The molecule has 0 heterocycles. The Balaban J connectivity index is 2.07. The van der Waals surface area contributed by atoms with Gasteiger partial charge < -0.3 is 10.1 Å². The number of hydrogen-bond acceptors (Lipinski definition) is 4. The van der Waals surface area contributed by atoms with Crippen molar-refractivity contribution in [2.75, 3.05) is 11.9 Å². The first kappa shape index (κ1) is 15.3. The number of nitrogens with zero attached hydrogens (tertiary/aromatic N) is 1. The van der Waals surface area contributed by atoms with Crippen molar-refractivity contribution < 1.29 is 9.66 Å². The van der Waals surface area contributed by atoms with Crippen LogP contribution in [0.5, 0.6) is 5.75 Å². The standard InChI is InChI=1S/C15H15BrN2O3/c1-2-21-13-5-3-4-12(9-13)17-10-11-6-7-14(16)15(8-11)18(19)20/h3-9,17H,2,10H2,1H3. The normalized spacial score (nSPS) is 10.2. The predicted molar refractivity (Wildman–Crippen MR) is 85.7 cm³/mol. The Kier molecular flexibility index (Phi) is 5.16. The Morgan fingerprint density at radius 2 is 2.10 bits per heavy atom. The van der Waals surface area contributed by atoms with Gasteiger partial charge in [0.15, 0.2) is 0 Å². The zero-order valence-electron chi connectivity index (χ0n) is 11.5. The van der Waals surface area contributed by atoms with E-state index in [1.807, 2.05) is 37.3 Å². The van der Waals surface area contributed by atoms with E-state index in [9.17, 15) is 10.1 Å². The summed E-state index contributed by atoms with van der Waals surface area (Å²) in [5, 5.41) is 14.1. The molecule has 5 nitrogen and oxygen atoms in total. The smallest absolute Gasteiger partial charge is 0.283 e. The molecule has 0 aromatic heterocycles. The third kappa shape index (κ3) is 4.19. The van der Waals surface area contributed by atoms with Gasteiger partial charge in [0.25, 0.3) is 5.69 Å². The summed E-state index contributed by atoms with van der Waals surface area (Å²) in [6.45, 7) is 3.05. The molecule has 21 heavy (non-hydrogen) atoms. The van der Waals surface area contributed by atoms with Gasteiger partial charge >= 0.3 is 0 Å². The van der Waals surface area contributed by atoms with Crippen molar-refractivity contribution in [1.29, 1.82) is 0 Å². The van der Waals surface area contributed by atoms with Crippen molar-refractivity contribution in [2.45, 2.75) is 13.5 Å². The van der Waals surface area contributed by atoms with Crippen molar-refractivity contribution in [2.24, 2.45) is 0 Å². The molecule has 0 spiro atoms. The zero-order chi connectivity index (χ0) is 15.2. The summed E-state index contributed by atoms with van der Waals surface area (Å²) in [7, 11) is 0. The lowest BCUT2D eigenvalue weighted by Crippen LogP contribution is -2.01. The maximum atomic E-state index is 10.9. The summed E-state index contributed by atoms with van der Waals surface area (Å²) in [6, 6.07) is 12.7. The lowest BCUT2D eigenvalue weighted by molar-refractivity contribution is -0.385. The van der Waals surface area contributed by atoms with E-state index in [2.05, 4.69) is 21.2 Å². The van der Waals surface area contributed by atoms with Gasteiger partial charge in [0.1, 0.15) is 5.75 Å². The van der Waals surface area contributed by atoms with E-state index in [-0.39, 0.29) is 5.69 Å². The van der Waals surface area contributed by atoms with Gasteiger partial charge in [-0.25, -0.2) is 0 Å². The van der Waals surface area contributed by atoms with Crippen LogP contribution >= 0.6 is 15.9 Å². The highest BCUT2D eigenvalue weighted by molar-refractivity contribution is 9.10. The fourth-order valence-corrected chi connectivity index (χ4v) is 2.27. The number of anilines is 1. The number of halogens is 1. The van der Waals surface area contributed by atoms with E-state index >= 15 is 0 Å². The Morgan fingerprint density at radius 3 is 2.81 bits per heavy atom. The highest BCUT2D eigenvalue weighted by Crippen LogP contribution is 2.26. The second-order valence-electron chi connectivity index (χ2n) is 4.36. The van der Waals surface area contributed by atoms with Crippen LogP contribution in [-0.4, -0.2) is 11.5 Å². The van der Waals surface area contributed by atoms with Crippen molar-refractivity contribution in [3.05, 3.63) is 62.6 Å². The third-order valence-corrected chi connectivity index (χ3v) is 3.52. The minimum Gasteiger partial charge on any atom is -0.494 e. The molecule has 0 aliphatic heterocycles. The maximum absolute atomic E-state index is 10.9. The predicted octanol–water partition coefficient (Wildman–Crippen LogP) is 4.37. The lowest BCUT2D eigenvalue weighted by atomic mass is 10.2. The zero-order valence-corrected chi connectivity index (χ0v) is 13.1. The first-order valence-electron chi connectivity index (χ1n) is 6.49. The molecule has 0 saturated carbocycles. The van der Waals surface area contributed by atoms with E-state index in [1.54, 1.807) is 12.1 Å². The number of rotatable bonds is 6. The fourth-order valence-electron chi connectivity index (χ4n) is 1.87. The summed E-state index contributed by atoms with van der Waals surface area (Å²) < 4.78 is 5.91. The molecule has 1 N–H and O–H groups in total. The van der Waals surface area contributed by atoms with Gasteiger partial charge in [-0.15, -0.1) is 0 Å². The molecule has 0 radical (unpaired) electrons. The van der Waals surface area contributed by atoms with Gasteiger partial charge in [0, 0.05) is 24.4 Å². The second-order valence-corrected chi connectivity index (χ2v) is 5.21. The van der Waals surface area contributed by atoms with Crippen LogP contribution in [0.2, 0.25) is 0 Å². The first-order valence-corrected chi connectivity index (χ1v) is 7.29. The summed E-state index contributed by atoms with van der Waals surface area (Å²) in [4.78, 5) is 10.5. The molecule has 0 fully saturated rings. The second kappa shape index (κ2) is 7.08. The molecule has 0 unspecified atom stereocenters. The van der Waals surface area contributed by atoms with Crippen LogP contribution in [-0.2, 0) is 6.54 Å². The van der Waals surface area contributed by atoms with Crippen molar-refractivity contribution in [3.8, 4) is 5.75 Å². The monoisotopic (exact) mass is 350 g/mol. The molecule has 0 aliphatic rings. The number of nitrogens with one attached hydrogen (secondary N) is 1. The summed E-state index contributed by atoms with van der Waals surface area (Å²) in [6.07, 6.45) is 0. The SMILES string of the molecule is CCOc1cccc(NCc2ccc(Br)c([N+](=O)[O-])c2)c1. The van der Waals surface area contributed by atoms with Crippen LogP contribution in [0.3, 0.4) is 0 Å². The largest absolute Gasteiger partial charge is 0.494 e. The minimum absolute atomic E-state index is 0.0670. The quantitative estimate of drug-likeness (QED) is 0.620. The average molecular weight is 351 g/mol. The summed E-state index contributed by atoms with van der Waals surface area (Å²) in [5.74, 6) is 0.796. The van der Waals surface area contributed by atoms with Gasteiger partial charge in [-0.1, -0.05) is 12.1 Å². The van der Waals surface area contributed by atoms with Gasteiger partial charge in [-0.2, -0.15) is 0 Å². The van der Waals surface area contributed by atoms with Crippen molar-refractivity contribution in [3.63, 3.8) is 0 Å². The molecule has 110 valence electrons. The molecule has 0 saturated heterocycles. The van der Waals surface area contributed by atoms with Crippen molar-refractivity contribution in [1.82, 2.24) is 0 Å². The third-order valence-electron chi connectivity index (χ3n) is 2.85. The van der Waals surface area contributed by atoms with E-state index < -0.39 is 4.92 Å². The molecule has 6 heteroatoms. The van der Waals surface area contributed by atoms with Crippen LogP contribution in [0.25, 0.3) is 0 Å². The number of nitro benzene ring substituents is 1. The van der Waals surface area contributed by atoms with Gasteiger partial charge in [-0.05, 0) is 46.6 Å². The van der Waals surface area contributed by atoms with E-state index in [1.165, 1.54) is 0 Å². The number of ether oxygens (including phenoxy) is 1. The molecule has 0 bridgehead atoms. The number of nitro groups is 1. The van der Waals surface area contributed by atoms with Crippen LogP contribution < -0.4 is 10.1 Å². The highest BCUT2D eigenvalue weighted by atomic mass is 79.9. The minimum atomic E-state index is -0.400. The molecule has 2 aromatic rings. The van der Waals surface area contributed by atoms with Gasteiger partial charge in [0.05, 0.1) is 16.0 Å². The van der Waals surface area contributed by atoms with E-state index in [0.29, 0.717) is 17.6 Å². The first-order chi connectivity index (χ1) is 10.1. The number of benzene rings is 2. The van der Waals surface area contributed by atoms with Crippen LogP contribution in [0.15, 0.2) is 46.9 Å². The van der Waals surface area contributed by atoms with Gasteiger partial charge in [-0.3, -0.25) is 10.1 Å². The van der Waals surface area contributed by atoms with E-state index in [0.717, 1.165) is 17.0 Å². The average Bonchev–Trinajstić information content (AvgIpc) is 2.47. The van der Waals surface area contributed by atoms with Crippen LogP contribution in [0, 0.1) is 10.1 Å². The fraction of sp³-hybridized carbons (Fsp3) is 0.200. The summed E-state index contributed by atoms with van der Waals surface area (Å²) in [5.41, 5.74) is 1.82. The number of hydrogen-bond donors (Lipinski definition) is 1. The molecule has 2 rings (SSSR count). The Labute approximate surface area is 131 Å². The Hall–Kier alpha value is -2.08. The molecule has 2 aromatic carbocycles. The Bertz CT molecular complexity index is 647. The molecular formula is C15H15BrN2O3. The lowest BCUT2D eigenvalue weighted by Gasteiger charge is -2.09. The highest BCUT2D eigenvalue weighted by Gasteiger charge is 2.12. The summed E-state index contributed by atoms with van der Waals surface area (Å²) >= 11 is 3.18. The Morgan fingerprint density at radius 1 is 1.29 bits per heavy atom. The molecule has 0 atom stereocenters. The van der Waals surface area contributed by atoms with Crippen LogP contribution in [0.4, 0.5) is 11.4 Å². The molecule has 0 amide bonds. The van der Waals surface area contributed by atoms with Crippen molar-refractivity contribution >= 4 is 27.3 Å². The topological polar surface area (TPSA) is 64.4 Å². The van der Waals surface area contributed by atoms with Gasteiger partial charge in [0.2, 0.25) is 0 Å². The van der Waals surface area contributed by atoms with E-state index in [4.69, 9.17) is 4.74 Å².